The molecule has 8 nitrogen and oxygen atoms in total. The number of nitrogen functional groups attached to an aromatic ring is 1. The number of nitro benzene ring substituents is 1. The van der Waals surface area contributed by atoms with Crippen molar-refractivity contribution >= 4 is 33.2 Å². The van der Waals surface area contributed by atoms with Gasteiger partial charge in [0.1, 0.15) is 4.90 Å². The van der Waals surface area contributed by atoms with E-state index in [1.165, 1.54) is 0 Å². The summed E-state index contributed by atoms with van der Waals surface area (Å²) in [5, 5.41) is 10.7. The summed E-state index contributed by atoms with van der Waals surface area (Å²) >= 11 is 1.61. The Morgan fingerprint density at radius 3 is 2.67 bits per heavy atom. The van der Waals surface area contributed by atoms with E-state index in [4.69, 9.17) is 5.84 Å². The number of hydrazine groups is 1. The van der Waals surface area contributed by atoms with Crippen LogP contribution in [0.5, 0.6) is 0 Å². The average molecular weight is 334 g/mol. The van der Waals surface area contributed by atoms with Crippen LogP contribution in [0.1, 0.15) is 13.8 Å². The fraction of sp³-hybridized carbons (Fsp3) is 0.455. The maximum absolute atomic E-state index is 12.3. The van der Waals surface area contributed by atoms with Crippen LogP contribution in [0, 0.1) is 10.1 Å². The Labute approximate surface area is 127 Å². The van der Waals surface area contributed by atoms with Crippen molar-refractivity contribution < 1.29 is 13.3 Å². The van der Waals surface area contributed by atoms with Crippen LogP contribution in [-0.2, 0) is 10.0 Å². The molecule has 0 spiro atoms. The summed E-state index contributed by atoms with van der Waals surface area (Å²) in [7, 11) is -3.80. The van der Waals surface area contributed by atoms with E-state index in [2.05, 4.69) is 10.1 Å². The first kappa shape index (κ1) is 17.7. The minimum Gasteiger partial charge on any atom is -0.323 e. The number of sulfonamides is 1. The van der Waals surface area contributed by atoms with E-state index in [0.29, 0.717) is 5.75 Å². The van der Waals surface area contributed by atoms with Gasteiger partial charge in [-0.05, 0) is 18.7 Å². The highest BCUT2D eigenvalue weighted by Gasteiger charge is 2.22. The van der Waals surface area contributed by atoms with Gasteiger partial charge in [0.25, 0.3) is 5.69 Å². The molecule has 0 aliphatic heterocycles. The van der Waals surface area contributed by atoms with Crippen LogP contribution in [-0.4, -0.2) is 30.9 Å². The van der Waals surface area contributed by atoms with Gasteiger partial charge in [-0.1, -0.05) is 6.92 Å². The number of hydrogen-bond acceptors (Lipinski definition) is 7. The van der Waals surface area contributed by atoms with Crippen LogP contribution >= 0.6 is 11.8 Å². The first-order valence-electron chi connectivity index (χ1n) is 6.17. The molecule has 4 N–H and O–H groups in total. The summed E-state index contributed by atoms with van der Waals surface area (Å²) in [5.74, 6) is 6.78. The second-order valence-electron chi connectivity index (χ2n) is 4.26. The quantitative estimate of drug-likeness (QED) is 0.371. The van der Waals surface area contributed by atoms with Crippen molar-refractivity contribution in [3.63, 3.8) is 0 Å². The van der Waals surface area contributed by atoms with Gasteiger partial charge in [-0.2, -0.15) is 11.8 Å². The zero-order valence-corrected chi connectivity index (χ0v) is 13.3. The minimum atomic E-state index is -3.80. The fourth-order valence-electron chi connectivity index (χ4n) is 1.64. The fourth-order valence-corrected chi connectivity index (χ4v) is 3.81. The lowest BCUT2D eigenvalue weighted by atomic mass is 10.3. The molecule has 0 saturated heterocycles. The Morgan fingerprint density at radius 2 is 2.14 bits per heavy atom. The first-order chi connectivity index (χ1) is 9.81. The number of anilines is 1. The Bertz CT molecular complexity index is 606. The monoisotopic (exact) mass is 334 g/mol. The standard InChI is InChI=1S/C11H18N4O4S2/c1-3-20-7-8(2)14-21(18,19)11-5-4-9(15(16)17)6-10(11)13-12/h4-6,8,13-14H,3,7,12H2,1-2H3. The van der Waals surface area contributed by atoms with Crippen LogP contribution in [0.3, 0.4) is 0 Å². The Balaban J connectivity index is 3.05. The zero-order chi connectivity index (χ0) is 16.0. The summed E-state index contributed by atoms with van der Waals surface area (Å²) < 4.78 is 27.1. The molecule has 0 bridgehead atoms. The third-order valence-corrected chi connectivity index (χ3v) is 5.34. The van der Waals surface area contributed by atoms with Gasteiger partial charge in [0, 0.05) is 23.9 Å². The average Bonchev–Trinajstić information content (AvgIpc) is 2.43. The van der Waals surface area contributed by atoms with Gasteiger partial charge in [-0.3, -0.25) is 16.0 Å². The second-order valence-corrected chi connectivity index (χ2v) is 7.27. The lowest BCUT2D eigenvalue weighted by Crippen LogP contribution is -2.35. The molecule has 0 aliphatic carbocycles. The highest BCUT2D eigenvalue weighted by Crippen LogP contribution is 2.25. The third-order valence-electron chi connectivity index (χ3n) is 2.55. The number of rotatable bonds is 8. The molecule has 1 unspecified atom stereocenters. The normalized spacial score (nSPS) is 12.9. The lowest BCUT2D eigenvalue weighted by Gasteiger charge is -2.15. The summed E-state index contributed by atoms with van der Waals surface area (Å²) in [6.07, 6.45) is 0. The van der Waals surface area contributed by atoms with E-state index < -0.39 is 14.9 Å². The molecule has 0 heterocycles. The molecule has 0 aliphatic rings. The molecule has 1 aromatic carbocycles. The topological polar surface area (TPSA) is 127 Å². The van der Waals surface area contributed by atoms with Crippen LogP contribution in [0.15, 0.2) is 23.1 Å². The third kappa shape index (κ3) is 4.84. The maximum atomic E-state index is 12.3. The largest absolute Gasteiger partial charge is 0.323 e. The van der Waals surface area contributed by atoms with E-state index in [0.717, 1.165) is 24.0 Å². The van der Waals surface area contributed by atoms with Crippen LogP contribution in [0.2, 0.25) is 0 Å². The molecule has 0 saturated carbocycles. The maximum Gasteiger partial charge on any atom is 0.271 e. The molecule has 0 radical (unpaired) electrons. The first-order valence-corrected chi connectivity index (χ1v) is 8.80. The molecule has 0 amide bonds. The van der Waals surface area contributed by atoms with Gasteiger partial charge in [0.15, 0.2) is 0 Å². The number of nitrogens with one attached hydrogen (secondary N) is 2. The van der Waals surface area contributed by atoms with Crippen LogP contribution < -0.4 is 16.0 Å². The van der Waals surface area contributed by atoms with E-state index in [1.54, 1.807) is 18.7 Å². The SMILES string of the molecule is CCSCC(C)NS(=O)(=O)c1ccc([N+](=O)[O-])cc1NN. The van der Waals surface area contributed by atoms with Gasteiger partial charge in [-0.25, -0.2) is 13.1 Å². The number of hydrogen-bond donors (Lipinski definition) is 3. The number of non-ortho nitro benzene ring substituents is 1. The molecule has 0 fully saturated rings. The highest BCUT2D eigenvalue weighted by molar-refractivity contribution is 7.99. The number of nitrogens with zero attached hydrogens (tertiary/aromatic N) is 1. The summed E-state index contributed by atoms with van der Waals surface area (Å²) in [5.41, 5.74) is 1.92. The van der Waals surface area contributed by atoms with E-state index in [1.807, 2.05) is 6.92 Å². The van der Waals surface area contributed by atoms with Crippen molar-refractivity contribution in [2.75, 3.05) is 16.9 Å². The van der Waals surface area contributed by atoms with Gasteiger partial charge in [0.05, 0.1) is 10.6 Å². The molecule has 0 aromatic heterocycles. The van der Waals surface area contributed by atoms with Crippen molar-refractivity contribution in [3.05, 3.63) is 28.3 Å². The molecule has 1 aromatic rings. The van der Waals surface area contributed by atoms with Crippen LogP contribution in [0.4, 0.5) is 11.4 Å². The van der Waals surface area contributed by atoms with Crippen molar-refractivity contribution in [1.29, 1.82) is 0 Å². The zero-order valence-electron chi connectivity index (χ0n) is 11.7. The Morgan fingerprint density at radius 1 is 1.48 bits per heavy atom. The van der Waals surface area contributed by atoms with Crippen molar-refractivity contribution in [2.24, 2.45) is 5.84 Å². The molecule has 118 valence electrons. The van der Waals surface area contributed by atoms with E-state index in [9.17, 15) is 18.5 Å². The molecule has 1 rings (SSSR count). The van der Waals surface area contributed by atoms with Gasteiger partial charge in [0.2, 0.25) is 10.0 Å². The van der Waals surface area contributed by atoms with Gasteiger partial charge in [-0.15, -0.1) is 0 Å². The summed E-state index contributed by atoms with van der Waals surface area (Å²) in [4.78, 5) is 9.95. The number of nitrogens with two attached hydrogens (primary N) is 1. The number of nitro groups is 1. The smallest absolute Gasteiger partial charge is 0.271 e. The van der Waals surface area contributed by atoms with Gasteiger partial charge >= 0.3 is 0 Å². The van der Waals surface area contributed by atoms with Crippen molar-refractivity contribution in [1.82, 2.24) is 4.72 Å². The van der Waals surface area contributed by atoms with Crippen molar-refractivity contribution in [3.8, 4) is 0 Å². The predicted octanol–water partition coefficient (Wildman–Crippen LogP) is 1.30. The van der Waals surface area contributed by atoms with Crippen molar-refractivity contribution in [2.45, 2.75) is 24.8 Å². The van der Waals surface area contributed by atoms with E-state index in [-0.39, 0.29) is 22.3 Å². The highest BCUT2D eigenvalue weighted by atomic mass is 32.2. The van der Waals surface area contributed by atoms with E-state index >= 15 is 0 Å². The summed E-state index contributed by atoms with van der Waals surface area (Å²) in [6, 6.07) is 3.11. The van der Waals surface area contributed by atoms with Gasteiger partial charge < -0.3 is 5.43 Å². The van der Waals surface area contributed by atoms with Crippen LogP contribution in [0.25, 0.3) is 0 Å². The molecule has 21 heavy (non-hydrogen) atoms. The molecule has 10 heteroatoms. The minimum absolute atomic E-state index is 0.0213. The molecular formula is C11H18N4O4S2. The lowest BCUT2D eigenvalue weighted by molar-refractivity contribution is -0.384. The Kier molecular flexibility index (Phi) is 6.40. The number of thioether (sulfide) groups is 1. The molecular weight excluding hydrogens is 316 g/mol. The second kappa shape index (κ2) is 7.59. The predicted molar refractivity (Wildman–Crippen MR) is 83.7 cm³/mol. The Hall–Kier alpha value is -1.36. The molecule has 1 atom stereocenters. The summed E-state index contributed by atoms with van der Waals surface area (Å²) in [6.45, 7) is 3.74. The number of benzene rings is 1.